The second-order valence-electron chi connectivity index (χ2n) is 5.59. The number of aromatic nitrogens is 1. The van der Waals surface area contributed by atoms with Crippen molar-refractivity contribution in [1.29, 1.82) is 0 Å². The molecule has 112 valence electrons. The number of nitrogens with zero attached hydrogens (tertiary/aromatic N) is 2. The Morgan fingerprint density at radius 2 is 2.18 bits per heavy atom. The van der Waals surface area contributed by atoms with E-state index in [-0.39, 0.29) is 5.91 Å². The van der Waals surface area contributed by atoms with Gasteiger partial charge in [0.15, 0.2) is 5.76 Å². The number of piperidine rings is 1. The van der Waals surface area contributed by atoms with E-state index in [1.54, 1.807) is 29.7 Å². The molecule has 1 aliphatic heterocycles. The van der Waals surface area contributed by atoms with Crippen molar-refractivity contribution in [2.24, 2.45) is 0 Å². The van der Waals surface area contributed by atoms with E-state index in [1.807, 2.05) is 23.1 Å². The molecule has 2 aromatic heterocycles. The molecule has 1 saturated heterocycles. The van der Waals surface area contributed by atoms with Crippen molar-refractivity contribution in [3.05, 3.63) is 53.4 Å². The molecule has 0 bridgehead atoms. The third kappa shape index (κ3) is 2.41. The molecule has 1 aromatic carbocycles. The van der Waals surface area contributed by atoms with E-state index < -0.39 is 0 Å². The summed E-state index contributed by atoms with van der Waals surface area (Å²) in [7, 11) is 0. The molecule has 0 unspecified atom stereocenters. The van der Waals surface area contributed by atoms with Crippen LogP contribution in [-0.2, 0) is 0 Å². The number of rotatable bonds is 2. The van der Waals surface area contributed by atoms with Gasteiger partial charge in [0.2, 0.25) is 0 Å². The Hall–Kier alpha value is -2.14. The molecule has 3 heterocycles. The van der Waals surface area contributed by atoms with Crippen LogP contribution >= 0.6 is 11.3 Å². The average molecular weight is 312 g/mol. The summed E-state index contributed by atoms with van der Waals surface area (Å²) in [5, 5.41) is 1.14. The molecule has 1 atom stereocenters. The molecule has 0 N–H and O–H groups in total. The van der Waals surface area contributed by atoms with Crippen LogP contribution in [0.15, 0.2) is 47.1 Å². The number of hydrogen-bond donors (Lipinski definition) is 0. The summed E-state index contributed by atoms with van der Waals surface area (Å²) >= 11 is 1.74. The summed E-state index contributed by atoms with van der Waals surface area (Å²) in [4.78, 5) is 19.1. The van der Waals surface area contributed by atoms with Gasteiger partial charge in [-0.3, -0.25) is 4.79 Å². The van der Waals surface area contributed by atoms with Crippen molar-refractivity contribution in [2.45, 2.75) is 18.8 Å². The second-order valence-corrected chi connectivity index (χ2v) is 6.65. The zero-order chi connectivity index (χ0) is 14.9. The van der Waals surface area contributed by atoms with Gasteiger partial charge in [0, 0.05) is 19.0 Å². The molecule has 0 radical (unpaired) electrons. The Bertz CT molecular complexity index is 761. The lowest BCUT2D eigenvalue weighted by Crippen LogP contribution is -2.38. The molecule has 1 aliphatic rings. The lowest BCUT2D eigenvalue weighted by molar-refractivity contribution is 0.0675. The van der Waals surface area contributed by atoms with Crippen molar-refractivity contribution in [1.82, 2.24) is 9.88 Å². The van der Waals surface area contributed by atoms with Crippen LogP contribution in [0, 0.1) is 0 Å². The summed E-state index contributed by atoms with van der Waals surface area (Å²) < 4.78 is 6.45. The van der Waals surface area contributed by atoms with Crippen molar-refractivity contribution < 1.29 is 9.21 Å². The van der Waals surface area contributed by atoms with Gasteiger partial charge in [0.25, 0.3) is 5.91 Å². The third-order valence-corrected chi connectivity index (χ3v) is 5.30. The first-order chi connectivity index (χ1) is 10.8. The highest BCUT2D eigenvalue weighted by Crippen LogP contribution is 2.33. The van der Waals surface area contributed by atoms with Gasteiger partial charge >= 0.3 is 0 Å². The van der Waals surface area contributed by atoms with Gasteiger partial charge in [-0.1, -0.05) is 12.1 Å². The van der Waals surface area contributed by atoms with Gasteiger partial charge in [0.1, 0.15) is 0 Å². The predicted octanol–water partition coefficient (Wildman–Crippen LogP) is 3.91. The molecule has 0 saturated carbocycles. The van der Waals surface area contributed by atoms with E-state index >= 15 is 0 Å². The first-order valence-corrected chi connectivity index (χ1v) is 8.31. The fourth-order valence-corrected chi connectivity index (χ4v) is 4.08. The van der Waals surface area contributed by atoms with Crippen molar-refractivity contribution in [3.8, 4) is 0 Å². The normalized spacial score (nSPS) is 18.7. The Morgan fingerprint density at radius 3 is 3.00 bits per heavy atom. The average Bonchev–Trinajstić information content (AvgIpc) is 3.23. The second kappa shape index (κ2) is 5.57. The number of amides is 1. The zero-order valence-electron chi connectivity index (χ0n) is 12.1. The quantitative estimate of drug-likeness (QED) is 0.721. The monoisotopic (exact) mass is 312 g/mol. The number of para-hydroxylation sites is 1. The van der Waals surface area contributed by atoms with Gasteiger partial charge in [-0.2, -0.15) is 0 Å². The van der Waals surface area contributed by atoms with Crippen molar-refractivity contribution in [3.63, 3.8) is 0 Å². The first kappa shape index (κ1) is 13.5. The Balaban J connectivity index is 1.56. The topological polar surface area (TPSA) is 46.3 Å². The lowest BCUT2D eigenvalue weighted by Gasteiger charge is -2.31. The van der Waals surface area contributed by atoms with Gasteiger partial charge < -0.3 is 9.32 Å². The minimum atomic E-state index is -0.0178. The molecule has 0 aliphatic carbocycles. The summed E-state index contributed by atoms with van der Waals surface area (Å²) in [5.74, 6) is 0.728. The number of furan rings is 1. The summed E-state index contributed by atoms with van der Waals surface area (Å²) in [6, 6.07) is 11.7. The minimum Gasteiger partial charge on any atom is -0.459 e. The van der Waals surface area contributed by atoms with Crippen LogP contribution in [0.1, 0.15) is 34.3 Å². The highest BCUT2D eigenvalue weighted by atomic mass is 32.1. The number of carbonyl (C=O) groups excluding carboxylic acids is 1. The third-order valence-electron chi connectivity index (χ3n) is 4.10. The molecule has 3 aromatic rings. The van der Waals surface area contributed by atoms with Gasteiger partial charge in [-0.15, -0.1) is 11.3 Å². The molecule has 4 rings (SSSR count). The van der Waals surface area contributed by atoms with Crippen LogP contribution in [0.25, 0.3) is 10.2 Å². The molecule has 0 spiro atoms. The number of benzene rings is 1. The number of carbonyl (C=O) groups is 1. The van der Waals surface area contributed by atoms with E-state index in [0.717, 1.165) is 36.5 Å². The summed E-state index contributed by atoms with van der Waals surface area (Å²) in [6.45, 7) is 1.51. The molecular weight excluding hydrogens is 296 g/mol. The largest absolute Gasteiger partial charge is 0.459 e. The number of fused-ring (bicyclic) bond motifs is 1. The first-order valence-electron chi connectivity index (χ1n) is 7.49. The lowest BCUT2D eigenvalue weighted by atomic mass is 9.98. The van der Waals surface area contributed by atoms with Crippen molar-refractivity contribution >= 4 is 27.5 Å². The smallest absolute Gasteiger partial charge is 0.289 e. The van der Waals surface area contributed by atoms with Crippen molar-refractivity contribution in [2.75, 3.05) is 13.1 Å². The van der Waals surface area contributed by atoms with E-state index in [1.165, 1.54) is 4.70 Å². The Morgan fingerprint density at radius 1 is 1.27 bits per heavy atom. The van der Waals surface area contributed by atoms with Crippen LogP contribution in [0.5, 0.6) is 0 Å². The Kier molecular flexibility index (Phi) is 3.42. The standard InChI is InChI=1S/C17H16N2O2S/c20-17(14-7-4-10-21-14)19-9-3-5-12(11-19)16-18-13-6-1-2-8-15(13)22-16/h1-2,4,6-8,10,12H,3,5,9,11H2/t12-/m0/s1. The van der Waals surface area contributed by atoms with E-state index in [9.17, 15) is 4.79 Å². The Labute approximate surface area is 132 Å². The fraction of sp³-hybridized carbons (Fsp3) is 0.294. The van der Waals surface area contributed by atoms with E-state index in [4.69, 9.17) is 9.40 Å². The van der Waals surface area contributed by atoms with Crippen LogP contribution in [0.2, 0.25) is 0 Å². The SMILES string of the molecule is O=C(c1ccco1)N1CCC[C@H](c2nc3ccccc3s2)C1. The van der Waals surface area contributed by atoms with Crippen LogP contribution in [0.3, 0.4) is 0 Å². The maximum absolute atomic E-state index is 12.4. The molecule has 1 fully saturated rings. The maximum Gasteiger partial charge on any atom is 0.289 e. The summed E-state index contributed by atoms with van der Waals surface area (Å²) in [5.41, 5.74) is 1.05. The predicted molar refractivity (Wildman–Crippen MR) is 86.2 cm³/mol. The molecule has 5 heteroatoms. The van der Waals surface area contributed by atoms with Crippen LogP contribution < -0.4 is 0 Å². The highest BCUT2D eigenvalue weighted by molar-refractivity contribution is 7.18. The maximum atomic E-state index is 12.4. The number of hydrogen-bond acceptors (Lipinski definition) is 4. The van der Waals surface area contributed by atoms with E-state index in [0.29, 0.717) is 11.7 Å². The van der Waals surface area contributed by atoms with Gasteiger partial charge in [-0.05, 0) is 37.1 Å². The van der Waals surface area contributed by atoms with Crippen LogP contribution in [0.4, 0.5) is 0 Å². The fourth-order valence-electron chi connectivity index (χ4n) is 2.98. The molecule has 1 amide bonds. The van der Waals surface area contributed by atoms with E-state index in [2.05, 4.69) is 6.07 Å². The summed E-state index contributed by atoms with van der Waals surface area (Å²) in [6.07, 6.45) is 3.64. The number of likely N-dealkylation sites (tertiary alicyclic amines) is 1. The molecular formula is C17H16N2O2S. The molecule has 4 nitrogen and oxygen atoms in total. The highest BCUT2D eigenvalue weighted by Gasteiger charge is 2.28. The molecule has 22 heavy (non-hydrogen) atoms. The van der Waals surface area contributed by atoms with Crippen LogP contribution in [-0.4, -0.2) is 28.9 Å². The minimum absolute atomic E-state index is 0.0178. The number of thiazole rings is 1. The van der Waals surface area contributed by atoms with Gasteiger partial charge in [-0.25, -0.2) is 4.98 Å². The van der Waals surface area contributed by atoms with Gasteiger partial charge in [0.05, 0.1) is 21.5 Å². The zero-order valence-corrected chi connectivity index (χ0v) is 12.9.